The van der Waals surface area contributed by atoms with E-state index >= 15 is 0 Å². The molecule has 2 aromatic carbocycles. The van der Waals surface area contributed by atoms with Crippen LogP contribution >= 0.6 is 0 Å². The van der Waals surface area contributed by atoms with E-state index in [0.29, 0.717) is 23.0 Å². The van der Waals surface area contributed by atoms with Crippen molar-refractivity contribution in [2.24, 2.45) is 0 Å². The highest BCUT2D eigenvalue weighted by molar-refractivity contribution is 5.95. The average molecular weight is 341 g/mol. The van der Waals surface area contributed by atoms with E-state index in [1.54, 1.807) is 39.5 Å². The van der Waals surface area contributed by atoms with Crippen LogP contribution in [0.5, 0.6) is 17.2 Å². The first-order valence-corrected chi connectivity index (χ1v) is 8.31. The predicted octanol–water partition coefficient (Wildman–Crippen LogP) is 3.34. The van der Waals surface area contributed by atoms with Gasteiger partial charge in [0.2, 0.25) is 0 Å². The topological polar surface area (TPSA) is 48.0 Å². The molecule has 0 saturated carbocycles. The Hall–Kier alpha value is -2.69. The van der Waals surface area contributed by atoms with E-state index in [-0.39, 0.29) is 5.91 Å². The van der Waals surface area contributed by atoms with Crippen molar-refractivity contribution in [2.75, 3.05) is 34.4 Å². The van der Waals surface area contributed by atoms with Crippen LogP contribution in [0.2, 0.25) is 0 Å². The first kappa shape index (κ1) is 17.1. The summed E-state index contributed by atoms with van der Waals surface area (Å²) < 4.78 is 15.7. The van der Waals surface area contributed by atoms with Gasteiger partial charge in [0, 0.05) is 24.6 Å². The lowest BCUT2D eigenvalue weighted by Crippen LogP contribution is -2.28. The molecule has 1 amide bonds. The van der Waals surface area contributed by atoms with Crippen LogP contribution in [0.3, 0.4) is 0 Å². The predicted molar refractivity (Wildman–Crippen MR) is 95.8 cm³/mol. The summed E-state index contributed by atoms with van der Waals surface area (Å²) in [6.45, 7) is 1.48. The minimum absolute atomic E-state index is 0.0250. The zero-order valence-electron chi connectivity index (χ0n) is 14.8. The van der Waals surface area contributed by atoms with Gasteiger partial charge >= 0.3 is 0 Å². The lowest BCUT2D eigenvalue weighted by molar-refractivity contribution is 0.0790. The van der Waals surface area contributed by atoms with Gasteiger partial charge in [-0.2, -0.15) is 0 Å². The SMILES string of the molecule is COc1ccc(C2CCN(C(=O)c3ccc(OC)c(OC)c3)C2)cc1. The highest BCUT2D eigenvalue weighted by Crippen LogP contribution is 2.31. The second-order valence-corrected chi connectivity index (χ2v) is 6.08. The maximum atomic E-state index is 12.8. The van der Waals surface area contributed by atoms with Crippen molar-refractivity contribution in [1.29, 1.82) is 0 Å². The van der Waals surface area contributed by atoms with E-state index in [0.717, 1.165) is 25.3 Å². The summed E-state index contributed by atoms with van der Waals surface area (Å²) in [7, 11) is 4.81. The van der Waals surface area contributed by atoms with Gasteiger partial charge in [0.05, 0.1) is 21.3 Å². The lowest BCUT2D eigenvalue weighted by Gasteiger charge is -2.18. The van der Waals surface area contributed by atoms with Gasteiger partial charge in [-0.25, -0.2) is 0 Å². The number of hydrogen-bond donors (Lipinski definition) is 0. The van der Waals surface area contributed by atoms with Crippen molar-refractivity contribution in [3.05, 3.63) is 53.6 Å². The maximum Gasteiger partial charge on any atom is 0.254 e. The summed E-state index contributed by atoms with van der Waals surface area (Å²) in [5.41, 5.74) is 1.86. The molecule has 0 N–H and O–H groups in total. The number of nitrogens with zero attached hydrogens (tertiary/aromatic N) is 1. The molecule has 5 nitrogen and oxygen atoms in total. The number of amides is 1. The molecule has 1 aliphatic rings. The lowest BCUT2D eigenvalue weighted by atomic mass is 9.98. The van der Waals surface area contributed by atoms with Crippen LogP contribution in [0.15, 0.2) is 42.5 Å². The summed E-state index contributed by atoms with van der Waals surface area (Å²) in [5, 5.41) is 0. The largest absolute Gasteiger partial charge is 0.497 e. The van der Waals surface area contributed by atoms with Gasteiger partial charge < -0.3 is 19.1 Å². The molecule has 132 valence electrons. The standard InChI is InChI=1S/C20H23NO4/c1-23-17-7-4-14(5-8-17)16-10-11-21(13-16)20(22)15-6-9-18(24-2)19(12-15)25-3/h4-9,12,16H,10-11,13H2,1-3H3. The summed E-state index contributed by atoms with van der Waals surface area (Å²) in [6, 6.07) is 13.4. The fourth-order valence-electron chi connectivity index (χ4n) is 3.24. The zero-order chi connectivity index (χ0) is 17.8. The molecule has 1 saturated heterocycles. The number of carbonyl (C=O) groups excluding carboxylic acids is 1. The second-order valence-electron chi connectivity index (χ2n) is 6.08. The molecule has 1 atom stereocenters. The van der Waals surface area contributed by atoms with Gasteiger partial charge in [0.15, 0.2) is 11.5 Å². The van der Waals surface area contributed by atoms with Crippen molar-refractivity contribution in [2.45, 2.75) is 12.3 Å². The van der Waals surface area contributed by atoms with Crippen molar-refractivity contribution >= 4 is 5.91 Å². The molecular weight excluding hydrogens is 318 g/mol. The van der Waals surface area contributed by atoms with Gasteiger partial charge in [0.25, 0.3) is 5.91 Å². The molecule has 2 aromatic rings. The van der Waals surface area contributed by atoms with Crippen LogP contribution in [0.25, 0.3) is 0 Å². The molecular formula is C20H23NO4. The van der Waals surface area contributed by atoms with Gasteiger partial charge in [-0.3, -0.25) is 4.79 Å². The molecule has 1 heterocycles. The van der Waals surface area contributed by atoms with E-state index in [1.807, 2.05) is 17.0 Å². The van der Waals surface area contributed by atoms with Crippen LogP contribution in [-0.2, 0) is 0 Å². The van der Waals surface area contributed by atoms with E-state index in [9.17, 15) is 4.79 Å². The Labute approximate surface area is 148 Å². The molecule has 0 aliphatic carbocycles. The van der Waals surface area contributed by atoms with E-state index in [2.05, 4.69) is 12.1 Å². The van der Waals surface area contributed by atoms with E-state index < -0.39 is 0 Å². The number of benzene rings is 2. The zero-order valence-corrected chi connectivity index (χ0v) is 14.8. The molecule has 1 fully saturated rings. The second kappa shape index (κ2) is 7.47. The van der Waals surface area contributed by atoms with E-state index in [4.69, 9.17) is 14.2 Å². The highest BCUT2D eigenvalue weighted by atomic mass is 16.5. The summed E-state index contributed by atoms with van der Waals surface area (Å²) in [5.74, 6) is 2.42. The van der Waals surface area contributed by atoms with Crippen molar-refractivity contribution in [1.82, 2.24) is 4.90 Å². The first-order chi connectivity index (χ1) is 12.2. The minimum atomic E-state index is 0.0250. The highest BCUT2D eigenvalue weighted by Gasteiger charge is 2.28. The fourth-order valence-corrected chi connectivity index (χ4v) is 3.24. The molecule has 5 heteroatoms. The molecule has 1 unspecified atom stereocenters. The normalized spacial score (nSPS) is 16.6. The molecule has 0 spiro atoms. The van der Waals surface area contributed by atoms with Crippen molar-refractivity contribution < 1.29 is 19.0 Å². The third kappa shape index (κ3) is 3.55. The monoisotopic (exact) mass is 341 g/mol. The van der Waals surface area contributed by atoms with Crippen LogP contribution in [-0.4, -0.2) is 45.2 Å². The molecule has 25 heavy (non-hydrogen) atoms. The third-order valence-electron chi connectivity index (χ3n) is 4.69. The Morgan fingerprint density at radius 3 is 2.32 bits per heavy atom. The first-order valence-electron chi connectivity index (χ1n) is 8.31. The Bertz CT molecular complexity index is 742. The molecule has 1 aliphatic heterocycles. The Kier molecular flexibility index (Phi) is 5.12. The van der Waals surface area contributed by atoms with Gasteiger partial charge in [-0.05, 0) is 42.3 Å². The Balaban J connectivity index is 1.71. The number of likely N-dealkylation sites (tertiary alicyclic amines) is 1. The summed E-state index contributed by atoms with van der Waals surface area (Å²) in [6.07, 6.45) is 0.964. The number of hydrogen-bond acceptors (Lipinski definition) is 4. The molecule has 0 aromatic heterocycles. The average Bonchev–Trinajstić information content (AvgIpc) is 3.17. The van der Waals surface area contributed by atoms with Crippen LogP contribution in [0.1, 0.15) is 28.3 Å². The van der Waals surface area contributed by atoms with Crippen LogP contribution in [0.4, 0.5) is 0 Å². The molecule has 3 rings (SSSR count). The Morgan fingerprint density at radius 1 is 0.960 bits per heavy atom. The smallest absolute Gasteiger partial charge is 0.254 e. The quantitative estimate of drug-likeness (QED) is 0.837. The summed E-state index contributed by atoms with van der Waals surface area (Å²) in [4.78, 5) is 14.7. The van der Waals surface area contributed by atoms with E-state index in [1.165, 1.54) is 5.56 Å². The number of rotatable bonds is 5. The van der Waals surface area contributed by atoms with Gasteiger partial charge in [0.1, 0.15) is 5.75 Å². The molecule has 0 bridgehead atoms. The number of methoxy groups -OCH3 is 3. The van der Waals surface area contributed by atoms with Gasteiger partial charge in [-0.15, -0.1) is 0 Å². The van der Waals surface area contributed by atoms with Crippen molar-refractivity contribution in [3.63, 3.8) is 0 Å². The Morgan fingerprint density at radius 2 is 1.68 bits per heavy atom. The van der Waals surface area contributed by atoms with Crippen molar-refractivity contribution in [3.8, 4) is 17.2 Å². The van der Waals surface area contributed by atoms with Gasteiger partial charge in [-0.1, -0.05) is 12.1 Å². The minimum Gasteiger partial charge on any atom is -0.497 e. The van der Waals surface area contributed by atoms with Crippen LogP contribution in [0, 0.1) is 0 Å². The molecule has 0 radical (unpaired) electrons. The maximum absolute atomic E-state index is 12.8. The number of carbonyl (C=O) groups is 1. The third-order valence-corrected chi connectivity index (χ3v) is 4.69. The summed E-state index contributed by atoms with van der Waals surface area (Å²) >= 11 is 0. The fraction of sp³-hybridized carbons (Fsp3) is 0.350. The number of ether oxygens (including phenoxy) is 3. The van der Waals surface area contributed by atoms with Crippen LogP contribution < -0.4 is 14.2 Å².